The lowest BCUT2D eigenvalue weighted by molar-refractivity contribution is -0.144. The fraction of sp³-hybridized carbons (Fsp3) is 0.450. The number of nitrogens with one attached hydrogen (secondary N) is 2. The number of H-pyrrole nitrogens is 1. The zero-order valence-electron chi connectivity index (χ0n) is 16.2. The summed E-state index contributed by atoms with van der Waals surface area (Å²) in [6.07, 6.45) is 3.04. The molecule has 0 saturated carbocycles. The molecule has 2 N–H and O–H groups in total. The Morgan fingerprint density at radius 1 is 1.46 bits per heavy atom. The van der Waals surface area contributed by atoms with Crippen LogP contribution in [0.25, 0.3) is 0 Å². The van der Waals surface area contributed by atoms with Crippen LogP contribution in [0.2, 0.25) is 5.02 Å². The molecular formula is C20H25ClN4O3. The molecule has 1 aromatic carbocycles. The topological polar surface area (TPSA) is 87.3 Å². The number of aromatic amines is 1. The minimum Gasteiger partial charge on any atom is -0.467 e. The molecular weight excluding hydrogens is 380 g/mol. The van der Waals surface area contributed by atoms with E-state index in [0.717, 1.165) is 23.4 Å². The summed E-state index contributed by atoms with van der Waals surface area (Å²) < 4.78 is 4.89. The first kappa shape index (κ1) is 20.2. The lowest BCUT2D eigenvalue weighted by Crippen LogP contribution is -2.53. The Morgan fingerprint density at radius 2 is 2.25 bits per heavy atom. The zero-order chi connectivity index (χ0) is 20.3. The molecule has 7 nitrogen and oxygen atoms in total. The summed E-state index contributed by atoms with van der Waals surface area (Å²) in [5.41, 5.74) is 2.66. The van der Waals surface area contributed by atoms with Gasteiger partial charge in [0.15, 0.2) is 0 Å². The molecule has 0 radical (unpaired) electrons. The maximum atomic E-state index is 13.2. The Morgan fingerprint density at radius 3 is 2.93 bits per heavy atom. The van der Waals surface area contributed by atoms with Crippen LogP contribution in [0.3, 0.4) is 0 Å². The maximum Gasteiger partial charge on any atom is 0.328 e. The average Bonchev–Trinajstić information content (AvgIpc) is 3.18. The number of methoxy groups -OCH3 is 1. The highest BCUT2D eigenvalue weighted by Crippen LogP contribution is 2.34. The van der Waals surface area contributed by atoms with Gasteiger partial charge in [-0.15, -0.1) is 0 Å². The molecule has 2 heterocycles. The summed E-state index contributed by atoms with van der Waals surface area (Å²) >= 11 is 6.19. The fourth-order valence-corrected chi connectivity index (χ4v) is 3.72. The van der Waals surface area contributed by atoms with Crippen LogP contribution in [-0.4, -0.2) is 46.6 Å². The van der Waals surface area contributed by atoms with E-state index >= 15 is 0 Å². The molecule has 1 unspecified atom stereocenters. The Labute approximate surface area is 169 Å². The van der Waals surface area contributed by atoms with Gasteiger partial charge in [-0.25, -0.2) is 14.6 Å². The first-order valence-corrected chi connectivity index (χ1v) is 9.76. The van der Waals surface area contributed by atoms with Gasteiger partial charge in [0, 0.05) is 23.7 Å². The molecule has 8 heteroatoms. The summed E-state index contributed by atoms with van der Waals surface area (Å²) in [5.74, 6) is -0.494. The molecule has 1 aliphatic rings. The molecule has 3 rings (SSSR count). The highest BCUT2D eigenvalue weighted by atomic mass is 35.5. The van der Waals surface area contributed by atoms with Gasteiger partial charge < -0.3 is 19.9 Å². The molecule has 2 amide bonds. The van der Waals surface area contributed by atoms with Crippen LogP contribution in [0.5, 0.6) is 0 Å². The van der Waals surface area contributed by atoms with Crippen molar-refractivity contribution in [3.63, 3.8) is 0 Å². The van der Waals surface area contributed by atoms with Gasteiger partial charge in [-0.05, 0) is 23.6 Å². The minimum atomic E-state index is -0.705. The van der Waals surface area contributed by atoms with E-state index in [2.05, 4.69) is 15.3 Å². The van der Waals surface area contributed by atoms with Crippen LogP contribution in [0.15, 0.2) is 30.6 Å². The van der Waals surface area contributed by atoms with E-state index in [1.165, 1.54) is 7.11 Å². The van der Waals surface area contributed by atoms with Crippen molar-refractivity contribution in [3.05, 3.63) is 52.6 Å². The number of carbonyl (C=O) groups excluding carboxylic acids is 2. The number of nitrogens with zero attached hydrogens (tertiary/aromatic N) is 2. The number of hydrogen-bond donors (Lipinski definition) is 2. The predicted molar refractivity (Wildman–Crippen MR) is 106 cm³/mol. The van der Waals surface area contributed by atoms with Crippen molar-refractivity contribution in [3.8, 4) is 0 Å². The molecule has 0 bridgehead atoms. The van der Waals surface area contributed by atoms with Gasteiger partial charge >= 0.3 is 12.0 Å². The standard InChI is InChI=1S/C20H25ClN4O3/c1-4-12(2)16(19(26)28-3)24-20(27)25-9-8-15-17(23-11-22-15)18(25)13-6-5-7-14(21)10-13/h5-7,10-12,16,18H,4,8-9H2,1-3H3,(H,22,23)(H,24,27)/t12-,16+,18?/m1/s1. The predicted octanol–water partition coefficient (Wildman–Crippen LogP) is 3.31. The molecule has 3 atom stereocenters. The van der Waals surface area contributed by atoms with Gasteiger partial charge in [-0.1, -0.05) is 44.0 Å². The van der Waals surface area contributed by atoms with E-state index in [1.807, 2.05) is 32.0 Å². The SMILES string of the molecule is CC[C@@H](C)[C@H](NC(=O)N1CCc2[nH]cnc2C1c1cccc(Cl)c1)C(=O)OC. The van der Waals surface area contributed by atoms with Crippen molar-refractivity contribution < 1.29 is 14.3 Å². The number of fused-ring (bicyclic) bond motifs is 1. The van der Waals surface area contributed by atoms with E-state index < -0.39 is 12.0 Å². The van der Waals surface area contributed by atoms with Crippen LogP contribution < -0.4 is 5.32 Å². The first-order valence-electron chi connectivity index (χ1n) is 9.38. The normalized spacial score (nSPS) is 18.1. The minimum absolute atomic E-state index is 0.0493. The maximum absolute atomic E-state index is 13.2. The number of carbonyl (C=O) groups is 2. The largest absolute Gasteiger partial charge is 0.467 e. The van der Waals surface area contributed by atoms with Crippen LogP contribution >= 0.6 is 11.6 Å². The number of amides is 2. The van der Waals surface area contributed by atoms with Crippen molar-refractivity contribution >= 4 is 23.6 Å². The fourth-order valence-electron chi connectivity index (χ4n) is 3.52. The monoisotopic (exact) mass is 404 g/mol. The molecule has 0 spiro atoms. The summed E-state index contributed by atoms with van der Waals surface area (Å²) in [5, 5.41) is 3.46. The van der Waals surface area contributed by atoms with Crippen LogP contribution in [-0.2, 0) is 16.0 Å². The van der Waals surface area contributed by atoms with Crippen LogP contribution in [0, 0.1) is 5.92 Å². The first-order chi connectivity index (χ1) is 13.5. The average molecular weight is 405 g/mol. The Kier molecular flexibility index (Phi) is 6.24. The number of aromatic nitrogens is 2. The van der Waals surface area contributed by atoms with E-state index in [9.17, 15) is 9.59 Å². The summed E-state index contributed by atoms with van der Waals surface area (Å²) in [7, 11) is 1.33. The van der Waals surface area contributed by atoms with Crippen molar-refractivity contribution in [1.29, 1.82) is 0 Å². The summed E-state index contributed by atoms with van der Waals surface area (Å²) in [6, 6.07) is 5.99. The van der Waals surface area contributed by atoms with E-state index in [1.54, 1.807) is 17.3 Å². The van der Waals surface area contributed by atoms with Gasteiger partial charge in [0.05, 0.1) is 19.1 Å². The molecule has 2 aromatic rings. The third kappa shape index (κ3) is 3.99. The van der Waals surface area contributed by atoms with E-state index in [0.29, 0.717) is 18.0 Å². The molecule has 1 aromatic heterocycles. The van der Waals surface area contributed by atoms with Crippen molar-refractivity contribution in [2.45, 2.75) is 38.8 Å². The number of esters is 1. The lowest BCUT2D eigenvalue weighted by atomic mass is 9.95. The van der Waals surface area contributed by atoms with Crippen molar-refractivity contribution in [2.24, 2.45) is 5.92 Å². The van der Waals surface area contributed by atoms with E-state index in [4.69, 9.17) is 16.3 Å². The molecule has 150 valence electrons. The van der Waals surface area contributed by atoms with Crippen LogP contribution in [0.4, 0.5) is 4.79 Å². The number of imidazole rings is 1. The highest BCUT2D eigenvalue weighted by molar-refractivity contribution is 6.30. The van der Waals surface area contributed by atoms with Crippen molar-refractivity contribution in [2.75, 3.05) is 13.7 Å². The van der Waals surface area contributed by atoms with E-state index in [-0.39, 0.29) is 18.0 Å². The molecule has 0 aliphatic carbocycles. The summed E-state index contributed by atoms with van der Waals surface area (Å²) in [6.45, 7) is 4.38. The molecule has 28 heavy (non-hydrogen) atoms. The van der Waals surface area contributed by atoms with Gasteiger partial charge in [-0.2, -0.15) is 0 Å². The number of benzene rings is 1. The second kappa shape index (κ2) is 8.65. The number of hydrogen-bond acceptors (Lipinski definition) is 4. The zero-order valence-corrected chi connectivity index (χ0v) is 17.0. The number of halogens is 1. The van der Waals surface area contributed by atoms with Gasteiger partial charge in [0.2, 0.25) is 0 Å². The number of ether oxygens (including phenoxy) is 1. The highest BCUT2D eigenvalue weighted by Gasteiger charge is 2.36. The third-order valence-electron chi connectivity index (χ3n) is 5.30. The van der Waals surface area contributed by atoms with Crippen LogP contribution in [0.1, 0.15) is 43.3 Å². The second-order valence-corrected chi connectivity index (χ2v) is 7.44. The Bertz CT molecular complexity index is 853. The smallest absolute Gasteiger partial charge is 0.328 e. The van der Waals surface area contributed by atoms with Crippen molar-refractivity contribution in [1.82, 2.24) is 20.2 Å². The molecule has 0 saturated heterocycles. The summed E-state index contributed by atoms with van der Waals surface area (Å²) in [4.78, 5) is 34.7. The van der Waals surface area contributed by atoms with Gasteiger partial charge in [-0.3, -0.25) is 0 Å². The number of rotatable bonds is 5. The lowest BCUT2D eigenvalue weighted by Gasteiger charge is -2.36. The third-order valence-corrected chi connectivity index (χ3v) is 5.53. The second-order valence-electron chi connectivity index (χ2n) is 7.00. The quantitative estimate of drug-likeness (QED) is 0.748. The molecule has 1 aliphatic heterocycles. The Balaban J connectivity index is 1.92. The molecule has 0 fully saturated rings. The number of urea groups is 1. The van der Waals surface area contributed by atoms with Gasteiger partial charge in [0.25, 0.3) is 0 Å². The Hall–Kier alpha value is -2.54. The van der Waals surface area contributed by atoms with Gasteiger partial charge in [0.1, 0.15) is 12.1 Å².